The molecule has 2 aliphatic rings. The summed E-state index contributed by atoms with van der Waals surface area (Å²) >= 11 is 0. The van der Waals surface area contributed by atoms with Gasteiger partial charge in [-0.2, -0.15) is 0 Å². The van der Waals surface area contributed by atoms with Crippen LogP contribution in [-0.2, 0) is 17.6 Å². The fraction of sp³-hybridized carbons (Fsp3) is 0.250. The monoisotopic (exact) mass is 430 g/mol. The number of carbonyl (C=O) groups is 2. The summed E-state index contributed by atoms with van der Waals surface area (Å²) in [4.78, 5) is 31.8. The molecule has 0 fully saturated rings. The molecular weight excluding hydrogens is 408 g/mol. The van der Waals surface area contributed by atoms with Gasteiger partial charge in [0.2, 0.25) is 0 Å². The molecule has 1 aromatic heterocycles. The Balaban J connectivity index is 1.30. The van der Waals surface area contributed by atoms with Crippen molar-refractivity contribution in [2.24, 2.45) is 4.99 Å². The molecule has 3 heterocycles. The Morgan fingerprint density at radius 3 is 2.84 bits per heavy atom. The van der Waals surface area contributed by atoms with Gasteiger partial charge in [0.25, 0.3) is 11.8 Å². The van der Waals surface area contributed by atoms with E-state index in [9.17, 15) is 9.59 Å². The molecule has 0 radical (unpaired) electrons. The Morgan fingerprint density at radius 1 is 1.22 bits per heavy atom. The summed E-state index contributed by atoms with van der Waals surface area (Å²) in [6.45, 7) is 2.00. The van der Waals surface area contributed by atoms with E-state index in [-0.39, 0.29) is 18.2 Å². The number of likely N-dealkylation sites (N-methyl/N-ethyl adjacent to an activating group) is 1. The van der Waals surface area contributed by atoms with Crippen molar-refractivity contribution < 1.29 is 18.8 Å². The van der Waals surface area contributed by atoms with Crippen molar-refractivity contribution >= 4 is 28.9 Å². The number of nitrogens with zero attached hydrogens (tertiary/aromatic N) is 3. The van der Waals surface area contributed by atoms with Crippen molar-refractivity contribution in [1.82, 2.24) is 10.5 Å². The topological polar surface area (TPSA) is 97.0 Å². The van der Waals surface area contributed by atoms with Crippen LogP contribution >= 0.6 is 0 Å². The Labute approximate surface area is 184 Å². The fourth-order valence-corrected chi connectivity index (χ4v) is 3.98. The number of fused-ring (bicyclic) bond motifs is 2. The van der Waals surface area contributed by atoms with E-state index in [0.717, 1.165) is 28.9 Å². The average molecular weight is 430 g/mol. The number of hydrogen-bond donors (Lipinski definition) is 1. The summed E-state index contributed by atoms with van der Waals surface area (Å²) in [6.07, 6.45) is 1.29. The van der Waals surface area contributed by atoms with E-state index in [1.54, 1.807) is 13.1 Å². The van der Waals surface area contributed by atoms with Crippen LogP contribution in [0.4, 0.5) is 11.4 Å². The molecule has 3 aromatic rings. The third-order valence-electron chi connectivity index (χ3n) is 5.63. The Bertz CT molecular complexity index is 1230. The minimum Gasteiger partial charge on any atom is -0.489 e. The Morgan fingerprint density at radius 2 is 2.03 bits per heavy atom. The molecule has 1 N–H and O–H groups in total. The van der Waals surface area contributed by atoms with Crippen molar-refractivity contribution in [3.8, 4) is 5.75 Å². The predicted octanol–water partition coefficient (Wildman–Crippen LogP) is 3.07. The number of amides is 2. The number of benzene rings is 2. The summed E-state index contributed by atoms with van der Waals surface area (Å²) in [5.74, 6) is 0.411. The first-order valence-corrected chi connectivity index (χ1v) is 10.4. The van der Waals surface area contributed by atoms with Crippen molar-refractivity contribution in [3.63, 3.8) is 0 Å². The van der Waals surface area contributed by atoms with Crippen LogP contribution in [-0.4, -0.2) is 42.4 Å². The smallest absolute Gasteiger partial charge is 0.274 e. The highest BCUT2D eigenvalue weighted by Crippen LogP contribution is 2.39. The molecule has 2 aromatic carbocycles. The average Bonchev–Trinajstić information content (AvgIpc) is 3.38. The van der Waals surface area contributed by atoms with Crippen LogP contribution in [0.1, 0.15) is 34.3 Å². The minimum absolute atomic E-state index is 0.0231. The molecule has 0 aliphatic carbocycles. The van der Waals surface area contributed by atoms with Crippen LogP contribution < -0.4 is 15.0 Å². The van der Waals surface area contributed by atoms with Gasteiger partial charge in [0, 0.05) is 31.7 Å². The number of ether oxygens (including phenoxy) is 1. The maximum atomic E-state index is 13.0. The zero-order valence-corrected chi connectivity index (χ0v) is 17.8. The number of hydrogen-bond acceptors (Lipinski definition) is 6. The van der Waals surface area contributed by atoms with Gasteiger partial charge in [-0.3, -0.25) is 14.6 Å². The van der Waals surface area contributed by atoms with E-state index in [4.69, 9.17) is 9.26 Å². The van der Waals surface area contributed by atoms with Gasteiger partial charge in [0.05, 0.1) is 11.4 Å². The number of anilines is 1. The van der Waals surface area contributed by atoms with Gasteiger partial charge in [-0.05, 0) is 30.2 Å². The van der Waals surface area contributed by atoms with Crippen LogP contribution in [0.15, 0.2) is 58.0 Å². The molecule has 1 atom stereocenters. The molecule has 0 saturated heterocycles. The van der Waals surface area contributed by atoms with Crippen LogP contribution in [0, 0.1) is 0 Å². The molecule has 0 saturated carbocycles. The van der Waals surface area contributed by atoms with E-state index >= 15 is 0 Å². The summed E-state index contributed by atoms with van der Waals surface area (Å²) in [7, 11) is 1.67. The van der Waals surface area contributed by atoms with Gasteiger partial charge >= 0.3 is 0 Å². The van der Waals surface area contributed by atoms with Gasteiger partial charge < -0.3 is 19.5 Å². The maximum Gasteiger partial charge on any atom is 0.274 e. The van der Waals surface area contributed by atoms with E-state index in [0.29, 0.717) is 23.6 Å². The molecule has 32 heavy (non-hydrogen) atoms. The first-order valence-electron chi connectivity index (χ1n) is 10.4. The van der Waals surface area contributed by atoms with Gasteiger partial charge in [0.1, 0.15) is 24.2 Å². The number of aromatic nitrogens is 1. The second kappa shape index (κ2) is 7.96. The summed E-state index contributed by atoms with van der Waals surface area (Å²) < 4.78 is 11.2. The maximum absolute atomic E-state index is 13.0. The molecule has 0 unspecified atom stereocenters. The second-order valence-corrected chi connectivity index (χ2v) is 8.05. The second-order valence-electron chi connectivity index (χ2n) is 8.05. The minimum atomic E-state index is -0.853. The molecule has 8 heteroatoms. The van der Waals surface area contributed by atoms with Crippen molar-refractivity contribution in [1.29, 1.82) is 0 Å². The van der Waals surface area contributed by atoms with Gasteiger partial charge in [-0.15, -0.1) is 0 Å². The third-order valence-corrected chi connectivity index (χ3v) is 5.63. The highest BCUT2D eigenvalue weighted by Gasteiger charge is 2.32. The Hall–Kier alpha value is -3.94. The normalized spacial score (nSPS) is 17.2. The first kappa shape index (κ1) is 20.0. The molecule has 162 valence electrons. The highest BCUT2D eigenvalue weighted by molar-refractivity contribution is 6.03. The molecule has 2 amide bonds. The zero-order valence-electron chi connectivity index (χ0n) is 17.8. The van der Waals surface area contributed by atoms with Crippen LogP contribution in [0.2, 0.25) is 0 Å². The zero-order chi connectivity index (χ0) is 22.2. The van der Waals surface area contributed by atoms with E-state index < -0.39 is 11.9 Å². The predicted molar refractivity (Wildman–Crippen MR) is 119 cm³/mol. The molecule has 2 aliphatic heterocycles. The van der Waals surface area contributed by atoms with Crippen LogP contribution in [0.5, 0.6) is 5.75 Å². The SMILES string of the molecule is CC1=Nc2cc3c(cc2C1)OC[C@H](NC(=O)c1cc(Cc2ccccc2)on1)C(=O)N3C. The highest BCUT2D eigenvalue weighted by atomic mass is 16.5. The number of rotatable bonds is 4. The molecule has 8 nitrogen and oxygen atoms in total. The molecule has 0 spiro atoms. The van der Waals surface area contributed by atoms with Gasteiger partial charge in [-0.1, -0.05) is 35.5 Å². The lowest BCUT2D eigenvalue weighted by atomic mass is 10.1. The molecule has 5 rings (SSSR count). The van der Waals surface area contributed by atoms with Crippen molar-refractivity contribution in [3.05, 3.63) is 71.1 Å². The van der Waals surface area contributed by atoms with E-state index in [2.05, 4.69) is 15.5 Å². The lowest BCUT2D eigenvalue weighted by Crippen LogP contribution is -2.49. The van der Waals surface area contributed by atoms with Crippen molar-refractivity contribution in [2.45, 2.75) is 25.8 Å². The summed E-state index contributed by atoms with van der Waals surface area (Å²) in [6, 6.07) is 14.3. The summed E-state index contributed by atoms with van der Waals surface area (Å²) in [5.41, 5.74) is 4.75. The van der Waals surface area contributed by atoms with Crippen LogP contribution in [0.3, 0.4) is 0 Å². The van der Waals surface area contributed by atoms with Crippen molar-refractivity contribution in [2.75, 3.05) is 18.6 Å². The van der Waals surface area contributed by atoms with Gasteiger partial charge in [-0.25, -0.2) is 0 Å². The number of nitrogens with one attached hydrogen (secondary N) is 1. The largest absolute Gasteiger partial charge is 0.489 e. The number of carbonyl (C=O) groups excluding carboxylic acids is 2. The molecule has 0 bridgehead atoms. The quantitative estimate of drug-likeness (QED) is 0.686. The Kier molecular flexibility index (Phi) is 4.97. The number of aliphatic imine (C=N–C) groups is 1. The first-order chi connectivity index (χ1) is 15.5. The lowest BCUT2D eigenvalue weighted by Gasteiger charge is -2.20. The van der Waals surface area contributed by atoms with E-state index in [1.807, 2.05) is 49.4 Å². The van der Waals surface area contributed by atoms with E-state index in [1.165, 1.54) is 4.90 Å². The third kappa shape index (κ3) is 3.75. The molecular formula is C24H22N4O4. The summed E-state index contributed by atoms with van der Waals surface area (Å²) in [5, 5.41) is 6.59. The van der Waals surface area contributed by atoms with Crippen LogP contribution in [0.25, 0.3) is 0 Å². The van der Waals surface area contributed by atoms with Gasteiger partial charge in [0.15, 0.2) is 5.69 Å². The lowest BCUT2D eigenvalue weighted by molar-refractivity contribution is -0.120. The fourth-order valence-electron chi connectivity index (χ4n) is 3.98. The standard InChI is InChI=1S/C24H22N4O4/c1-14-8-16-10-22-21(12-18(16)25-14)28(2)24(30)20(13-31-22)26-23(29)19-11-17(32-27-19)9-15-6-4-3-5-7-15/h3-7,10-12,20H,8-9,13H2,1-2H3,(H,26,29)/t20-/m0/s1.